The Morgan fingerprint density at radius 1 is 1.30 bits per heavy atom. The van der Waals surface area contributed by atoms with Crippen LogP contribution in [0.5, 0.6) is 0 Å². The summed E-state index contributed by atoms with van der Waals surface area (Å²) in [6.07, 6.45) is 4.12. The van der Waals surface area contributed by atoms with E-state index in [-0.39, 0.29) is 11.0 Å². The van der Waals surface area contributed by atoms with Crippen LogP contribution < -0.4 is 5.56 Å². The van der Waals surface area contributed by atoms with Crippen molar-refractivity contribution in [3.8, 4) is 11.3 Å². The molecule has 1 atom stereocenters. The van der Waals surface area contributed by atoms with E-state index in [9.17, 15) is 4.79 Å². The van der Waals surface area contributed by atoms with E-state index in [1.54, 1.807) is 11.8 Å². The second-order valence-corrected chi connectivity index (χ2v) is 7.63. The first-order valence-electron chi connectivity index (χ1n) is 8.45. The van der Waals surface area contributed by atoms with Gasteiger partial charge in [-0.05, 0) is 24.8 Å². The van der Waals surface area contributed by atoms with E-state index in [1.165, 1.54) is 5.56 Å². The molecular weight excluding hydrogens is 304 g/mol. The highest BCUT2D eigenvalue weighted by Crippen LogP contribution is 2.42. The number of aromatic amines is 1. The molecule has 1 heterocycles. The fourth-order valence-electron chi connectivity index (χ4n) is 3.30. The maximum Gasteiger partial charge on any atom is 0.255 e. The number of nitrogens with one attached hydrogen (secondary N) is 1. The Bertz CT molecular complexity index is 768. The second kappa shape index (κ2) is 6.52. The molecular formula is C19H24N2OS. The molecule has 0 saturated carbocycles. The molecule has 1 aliphatic rings. The van der Waals surface area contributed by atoms with Gasteiger partial charge in [-0.25, -0.2) is 4.98 Å². The number of benzene rings is 1. The highest BCUT2D eigenvalue weighted by atomic mass is 32.2. The average Bonchev–Trinajstić information content (AvgIpc) is 2.55. The molecule has 2 aromatic rings. The molecule has 1 aromatic carbocycles. The minimum Gasteiger partial charge on any atom is -0.301 e. The standard InChI is InChI=1S/C19H24N2OS/c1-4-6-11-23-18-20-16-14-10-8-7-9-13(14)12-19(3,5-2)15(16)17(22)21-18/h7-10H,4-6,11-12H2,1-3H3,(H,20,21,22). The van der Waals surface area contributed by atoms with Crippen LogP contribution >= 0.6 is 11.8 Å². The van der Waals surface area contributed by atoms with E-state index in [0.29, 0.717) is 0 Å². The van der Waals surface area contributed by atoms with Crippen molar-refractivity contribution in [1.82, 2.24) is 9.97 Å². The summed E-state index contributed by atoms with van der Waals surface area (Å²) in [6, 6.07) is 8.36. The van der Waals surface area contributed by atoms with E-state index >= 15 is 0 Å². The Kier molecular flexibility index (Phi) is 4.62. The molecule has 122 valence electrons. The van der Waals surface area contributed by atoms with Crippen LogP contribution in [0.3, 0.4) is 0 Å². The zero-order chi connectivity index (χ0) is 16.4. The quantitative estimate of drug-likeness (QED) is 0.497. The molecule has 0 amide bonds. The summed E-state index contributed by atoms with van der Waals surface area (Å²) < 4.78 is 0. The minimum atomic E-state index is -0.142. The van der Waals surface area contributed by atoms with Gasteiger partial charge in [-0.15, -0.1) is 0 Å². The first-order chi connectivity index (χ1) is 11.1. The van der Waals surface area contributed by atoms with Crippen molar-refractivity contribution >= 4 is 11.8 Å². The number of fused-ring (bicyclic) bond motifs is 3. The molecule has 0 aliphatic heterocycles. The van der Waals surface area contributed by atoms with Gasteiger partial charge < -0.3 is 4.98 Å². The lowest BCUT2D eigenvalue weighted by Gasteiger charge is -2.34. The fraction of sp³-hybridized carbons (Fsp3) is 0.474. The lowest BCUT2D eigenvalue weighted by Crippen LogP contribution is -2.36. The predicted octanol–water partition coefficient (Wildman–Crippen LogP) is 4.55. The second-order valence-electron chi connectivity index (χ2n) is 6.54. The number of hydrogen-bond donors (Lipinski definition) is 1. The molecule has 1 unspecified atom stereocenters. The van der Waals surface area contributed by atoms with Gasteiger partial charge in [0.2, 0.25) is 0 Å². The van der Waals surface area contributed by atoms with Crippen LogP contribution in [0.25, 0.3) is 11.3 Å². The molecule has 0 radical (unpaired) electrons. The number of H-pyrrole nitrogens is 1. The summed E-state index contributed by atoms with van der Waals surface area (Å²) >= 11 is 1.65. The van der Waals surface area contributed by atoms with Crippen molar-refractivity contribution in [3.05, 3.63) is 45.7 Å². The summed E-state index contributed by atoms with van der Waals surface area (Å²) in [5.74, 6) is 0.991. The Morgan fingerprint density at radius 3 is 2.83 bits per heavy atom. The number of nitrogens with zero attached hydrogens (tertiary/aromatic N) is 1. The first-order valence-corrected chi connectivity index (χ1v) is 9.43. The fourth-order valence-corrected chi connectivity index (χ4v) is 4.25. The van der Waals surface area contributed by atoms with E-state index < -0.39 is 0 Å². The molecule has 4 heteroatoms. The summed E-state index contributed by atoms with van der Waals surface area (Å²) in [7, 11) is 0. The smallest absolute Gasteiger partial charge is 0.255 e. The third-order valence-corrected chi connectivity index (χ3v) is 5.83. The van der Waals surface area contributed by atoms with Crippen molar-refractivity contribution in [2.75, 3.05) is 5.75 Å². The van der Waals surface area contributed by atoms with E-state index in [1.807, 2.05) is 6.07 Å². The van der Waals surface area contributed by atoms with Crippen molar-refractivity contribution in [2.24, 2.45) is 0 Å². The van der Waals surface area contributed by atoms with Gasteiger partial charge in [0, 0.05) is 22.3 Å². The molecule has 0 bridgehead atoms. The lowest BCUT2D eigenvalue weighted by atomic mass is 9.69. The average molecular weight is 328 g/mol. The SMILES string of the molecule is CCCCSc1nc2c(c(=O)[nH]1)C(C)(CC)Cc1ccccc1-2. The van der Waals surface area contributed by atoms with Crippen molar-refractivity contribution in [1.29, 1.82) is 0 Å². The third kappa shape index (κ3) is 2.97. The molecule has 23 heavy (non-hydrogen) atoms. The molecule has 1 N–H and O–H groups in total. The first kappa shape index (κ1) is 16.3. The van der Waals surface area contributed by atoms with Gasteiger partial charge in [0.25, 0.3) is 5.56 Å². The lowest BCUT2D eigenvalue weighted by molar-refractivity contribution is 0.438. The Balaban J connectivity index is 2.14. The minimum absolute atomic E-state index is 0.0350. The highest BCUT2D eigenvalue weighted by molar-refractivity contribution is 7.99. The molecule has 0 saturated heterocycles. The Labute approximate surface area is 141 Å². The number of thioether (sulfide) groups is 1. The topological polar surface area (TPSA) is 45.8 Å². The van der Waals surface area contributed by atoms with Crippen LogP contribution in [0.15, 0.2) is 34.2 Å². The van der Waals surface area contributed by atoms with Crippen molar-refractivity contribution in [3.63, 3.8) is 0 Å². The third-order valence-electron chi connectivity index (χ3n) is 4.87. The van der Waals surface area contributed by atoms with Crippen molar-refractivity contribution < 1.29 is 0 Å². The van der Waals surface area contributed by atoms with E-state index in [0.717, 1.165) is 53.4 Å². The molecule has 0 fully saturated rings. The summed E-state index contributed by atoms with van der Waals surface area (Å²) in [6.45, 7) is 6.51. The Hall–Kier alpha value is -1.55. The van der Waals surface area contributed by atoms with Crippen LogP contribution in [0, 0.1) is 0 Å². The molecule has 0 spiro atoms. The zero-order valence-electron chi connectivity index (χ0n) is 14.1. The van der Waals surface area contributed by atoms with Gasteiger partial charge in [-0.2, -0.15) is 0 Å². The van der Waals surface area contributed by atoms with Crippen LogP contribution in [0.2, 0.25) is 0 Å². The summed E-state index contributed by atoms with van der Waals surface area (Å²) in [5, 5.41) is 0.748. The highest BCUT2D eigenvalue weighted by Gasteiger charge is 2.37. The van der Waals surface area contributed by atoms with E-state index in [2.05, 4.69) is 44.0 Å². The maximum absolute atomic E-state index is 12.8. The van der Waals surface area contributed by atoms with Gasteiger partial charge in [0.1, 0.15) is 0 Å². The number of unbranched alkanes of at least 4 members (excludes halogenated alkanes) is 1. The van der Waals surface area contributed by atoms with Gasteiger partial charge in [0.05, 0.1) is 5.69 Å². The molecule has 3 nitrogen and oxygen atoms in total. The van der Waals surface area contributed by atoms with Crippen LogP contribution in [0.4, 0.5) is 0 Å². The van der Waals surface area contributed by atoms with Gasteiger partial charge in [0.15, 0.2) is 5.16 Å². The normalized spacial score (nSPS) is 19.3. The molecule has 3 rings (SSSR count). The van der Waals surface area contributed by atoms with Gasteiger partial charge in [-0.3, -0.25) is 4.79 Å². The van der Waals surface area contributed by atoms with Crippen LogP contribution in [0.1, 0.15) is 51.2 Å². The number of aromatic nitrogens is 2. The summed E-state index contributed by atoms with van der Waals surface area (Å²) in [5.41, 5.74) is 4.06. The largest absolute Gasteiger partial charge is 0.301 e. The number of hydrogen-bond acceptors (Lipinski definition) is 3. The summed E-state index contributed by atoms with van der Waals surface area (Å²) in [4.78, 5) is 20.6. The molecule has 1 aliphatic carbocycles. The van der Waals surface area contributed by atoms with Gasteiger partial charge >= 0.3 is 0 Å². The maximum atomic E-state index is 12.8. The monoisotopic (exact) mass is 328 g/mol. The van der Waals surface area contributed by atoms with Crippen LogP contribution in [-0.4, -0.2) is 15.7 Å². The van der Waals surface area contributed by atoms with Gasteiger partial charge in [-0.1, -0.05) is 63.2 Å². The number of rotatable bonds is 5. The van der Waals surface area contributed by atoms with Crippen LogP contribution in [-0.2, 0) is 11.8 Å². The predicted molar refractivity (Wildman–Crippen MR) is 97.3 cm³/mol. The Morgan fingerprint density at radius 2 is 2.09 bits per heavy atom. The zero-order valence-corrected chi connectivity index (χ0v) is 14.9. The van der Waals surface area contributed by atoms with E-state index in [4.69, 9.17) is 4.98 Å². The van der Waals surface area contributed by atoms with Crippen molar-refractivity contribution in [2.45, 2.75) is 57.0 Å². The molecule has 1 aromatic heterocycles.